The fraction of sp³-hybridized carbons (Fsp3) is 0.619. The number of fused-ring (bicyclic) bond motifs is 1. The van der Waals surface area contributed by atoms with Crippen LogP contribution < -0.4 is 20.7 Å². The van der Waals surface area contributed by atoms with Crippen molar-refractivity contribution in [1.29, 1.82) is 0 Å². The monoisotopic (exact) mass is 409 g/mol. The number of piperidine rings is 1. The molecule has 2 amide bonds. The molecule has 1 fully saturated rings. The van der Waals surface area contributed by atoms with Crippen LogP contribution in [-0.4, -0.2) is 31.0 Å². The van der Waals surface area contributed by atoms with Gasteiger partial charge in [0.05, 0.1) is 11.7 Å². The Hall–Kier alpha value is -1.79. The number of carbonyl (C=O) groups excluding carboxylic acids is 2. The molecule has 1 aromatic rings. The lowest BCUT2D eigenvalue weighted by atomic mass is 9.85. The molecule has 0 spiro atoms. The summed E-state index contributed by atoms with van der Waals surface area (Å²) in [5, 5.41) is 9.40. The summed E-state index contributed by atoms with van der Waals surface area (Å²) >= 11 is 0. The van der Waals surface area contributed by atoms with Crippen LogP contribution in [0.3, 0.4) is 0 Å². The van der Waals surface area contributed by atoms with Crippen molar-refractivity contribution in [3.05, 3.63) is 23.8 Å². The summed E-state index contributed by atoms with van der Waals surface area (Å²) in [5.74, 6) is 1.59. The SMILES string of the molecule is CCC1Oc2cc(C(C)NC(=O)CC(C)C3CCCNC3)ccc2NC1=O.Cl. The molecule has 0 aliphatic carbocycles. The second-order valence-corrected chi connectivity index (χ2v) is 7.84. The van der Waals surface area contributed by atoms with E-state index in [1.807, 2.05) is 32.0 Å². The summed E-state index contributed by atoms with van der Waals surface area (Å²) in [6.07, 6.45) is 3.10. The van der Waals surface area contributed by atoms with E-state index >= 15 is 0 Å². The van der Waals surface area contributed by atoms with Crippen LogP contribution in [0, 0.1) is 11.8 Å². The Kier molecular flexibility index (Phi) is 8.13. The van der Waals surface area contributed by atoms with Crippen LogP contribution in [0.1, 0.15) is 58.1 Å². The molecule has 1 aromatic carbocycles. The lowest BCUT2D eigenvalue weighted by Crippen LogP contribution is -2.37. The highest BCUT2D eigenvalue weighted by atomic mass is 35.5. The number of hydrogen-bond acceptors (Lipinski definition) is 4. The molecule has 28 heavy (non-hydrogen) atoms. The number of benzene rings is 1. The Morgan fingerprint density at radius 2 is 2.14 bits per heavy atom. The molecule has 0 aromatic heterocycles. The van der Waals surface area contributed by atoms with Crippen molar-refractivity contribution in [2.45, 2.75) is 58.6 Å². The van der Waals surface area contributed by atoms with E-state index in [1.165, 1.54) is 12.8 Å². The van der Waals surface area contributed by atoms with E-state index in [0.29, 0.717) is 36.1 Å². The highest BCUT2D eigenvalue weighted by Gasteiger charge is 2.27. The van der Waals surface area contributed by atoms with E-state index in [2.05, 4.69) is 22.9 Å². The highest BCUT2D eigenvalue weighted by Crippen LogP contribution is 2.33. The second-order valence-electron chi connectivity index (χ2n) is 7.84. The molecule has 0 saturated carbocycles. The minimum atomic E-state index is -0.456. The van der Waals surface area contributed by atoms with Crippen molar-refractivity contribution in [3.63, 3.8) is 0 Å². The molecular formula is C21H32ClN3O3. The molecule has 4 atom stereocenters. The zero-order valence-electron chi connectivity index (χ0n) is 16.9. The van der Waals surface area contributed by atoms with Crippen molar-refractivity contribution < 1.29 is 14.3 Å². The number of hydrogen-bond donors (Lipinski definition) is 3. The average molecular weight is 410 g/mol. The van der Waals surface area contributed by atoms with E-state index in [0.717, 1.165) is 18.7 Å². The molecule has 4 unspecified atom stereocenters. The molecule has 3 N–H and O–H groups in total. The van der Waals surface area contributed by atoms with Crippen LogP contribution in [0.2, 0.25) is 0 Å². The van der Waals surface area contributed by atoms with Crippen molar-refractivity contribution in [1.82, 2.24) is 10.6 Å². The van der Waals surface area contributed by atoms with Crippen molar-refractivity contribution >= 4 is 29.9 Å². The van der Waals surface area contributed by atoms with E-state index in [1.54, 1.807) is 0 Å². The fourth-order valence-corrected chi connectivity index (χ4v) is 3.91. The first-order chi connectivity index (χ1) is 13.0. The standard InChI is InChI=1S/C21H31N3O3.ClH/c1-4-18-21(26)24-17-8-7-15(11-19(17)27-18)14(3)23-20(25)10-13(2)16-6-5-9-22-12-16;/h7-8,11,13-14,16,18,22H,4-6,9-10,12H2,1-3H3,(H,23,25)(H,24,26);1H. The Bertz CT molecular complexity index is 691. The molecular weight excluding hydrogens is 378 g/mol. The number of amides is 2. The first-order valence-electron chi connectivity index (χ1n) is 10.1. The van der Waals surface area contributed by atoms with Crippen LogP contribution in [0.4, 0.5) is 5.69 Å². The van der Waals surface area contributed by atoms with Crippen molar-refractivity contribution in [2.24, 2.45) is 11.8 Å². The minimum Gasteiger partial charge on any atom is -0.478 e. The van der Waals surface area contributed by atoms with Gasteiger partial charge in [-0.3, -0.25) is 9.59 Å². The fourth-order valence-electron chi connectivity index (χ4n) is 3.91. The van der Waals surface area contributed by atoms with E-state index < -0.39 is 6.10 Å². The van der Waals surface area contributed by atoms with Gasteiger partial charge >= 0.3 is 0 Å². The summed E-state index contributed by atoms with van der Waals surface area (Å²) in [4.78, 5) is 24.4. The number of anilines is 1. The maximum atomic E-state index is 12.5. The predicted octanol–water partition coefficient (Wildman–Crippen LogP) is 3.42. The van der Waals surface area contributed by atoms with Gasteiger partial charge in [0.15, 0.2) is 6.10 Å². The maximum Gasteiger partial charge on any atom is 0.265 e. The predicted molar refractivity (Wildman–Crippen MR) is 113 cm³/mol. The summed E-state index contributed by atoms with van der Waals surface area (Å²) < 4.78 is 5.80. The third-order valence-electron chi connectivity index (χ3n) is 5.72. The van der Waals surface area contributed by atoms with Gasteiger partial charge in [0.25, 0.3) is 5.91 Å². The lowest BCUT2D eigenvalue weighted by molar-refractivity contribution is -0.124. The van der Waals surface area contributed by atoms with Crippen LogP contribution in [0.15, 0.2) is 18.2 Å². The van der Waals surface area contributed by atoms with Gasteiger partial charge in [0.1, 0.15) is 5.75 Å². The van der Waals surface area contributed by atoms with E-state index in [9.17, 15) is 9.59 Å². The second kappa shape index (κ2) is 10.1. The molecule has 7 heteroatoms. The highest BCUT2D eigenvalue weighted by molar-refractivity contribution is 5.97. The number of halogens is 1. The zero-order valence-corrected chi connectivity index (χ0v) is 17.7. The van der Waals surface area contributed by atoms with Crippen LogP contribution in [0.25, 0.3) is 0 Å². The summed E-state index contributed by atoms with van der Waals surface area (Å²) in [5.41, 5.74) is 1.66. The first kappa shape index (κ1) is 22.5. The third kappa shape index (κ3) is 5.39. The molecule has 3 rings (SSSR count). The van der Waals surface area contributed by atoms with Gasteiger partial charge < -0.3 is 20.7 Å². The number of ether oxygens (including phenoxy) is 1. The van der Waals surface area contributed by atoms with Gasteiger partial charge in [-0.25, -0.2) is 0 Å². The summed E-state index contributed by atoms with van der Waals surface area (Å²) in [7, 11) is 0. The van der Waals surface area contributed by atoms with Gasteiger partial charge in [0, 0.05) is 6.42 Å². The zero-order chi connectivity index (χ0) is 19.4. The Labute approximate surface area is 173 Å². The minimum absolute atomic E-state index is 0. The van der Waals surface area contributed by atoms with Gasteiger partial charge in [-0.2, -0.15) is 0 Å². The Balaban J connectivity index is 0.00000280. The number of nitrogens with one attached hydrogen (secondary N) is 3. The quantitative estimate of drug-likeness (QED) is 0.672. The van der Waals surface area contributed by atoms with Crippen LogP contribution >= 0.6 is 12.4 Å². The van der Waals surface area contributed by atoms with Crippen molar-refractivity contribution in [3.8, 4) is 5.75 Å². The van der Waals surface area contributed by atoms with Gasteiger partial charge in [-0.05, 0) is 68.8 Å². The topological polar surface area (TPSA) is 79.5 Å². The maximum absolute atomic E-state index is 12.5. The largest absolute Gasteiger partial charge is 0.478 e. The van der Waals surface area contributed by atoms with E-state index in [-0.39, 0.29) is 30.3 Å². The lowest BCUT2D eigenvalue weighted by Gasteiger charge is -2.28. The van der Waals surface area contributed by atoms with Gasteiger partial charge in [-0.15, -0.1) is 12.4 Å². The molecule has 2 aliphatic heterocycles. The molecule has 1 saturated heterocycles. The molecule has 2 aliphatic rings. The van der Waals surface area contributed by atoms with Crippen LogP contribution in [-0.2, 0) is 9.59 Å². The first-order valence-corrected chi connectivity index (χ1v) is 10.1. The summed E-state index contributed by atoms with van der Waals surface area (Å²) in [6, 6.07) is 5.57. The van der Waals surface area contributed by atoms with E-state index in [4.69, 9.17) is 4.74 Å². The number of carbonyl (C=O) groups is 2. The van der Waals surface area contributed by atoms with Gasteiger partial charge in [-0.1, -0.05) is 19.9 Å². The summed E-state index contributed by atoms with van der Waals surface area (Å²) in [6.45, 7) is 8.17. The van der Waals surface area contributed by atoms with Crippen molar-refractivity contribution in [2.75, 3.05) is 18.4 Å². The van der Waals surface area contributed by atoms with Crippen LogP contribution in [0.5, 0.6) is 5.75 Å². The molecule has 0 bridgehead atoms. The normalized spacial score (nSPS) is 23.3. The Morgan fingerprint density at radius 1 is 1.36 bits per heavy atom. The molecule has 0 radical (unpaired) electrons. The Morgan fingerprint density at radius 3 is 2.82 bits per heavy atom. The number of rotatable bonds is 6. The smallest absolute Gasteiger partial charge is 0.265 e. The average Bonchev–Trinajstić information content (AvgIpc) is 2.67. The van der Waals surface area contributed by atoms with Gasteiger partial charge in [0.2, 0.25) is 5.91 Å². The molecule has 2 heterocycles. The molecule has 156 valence electrons. The molecule has 6 nitrogen and oxygen atoms in total. The third-order valence-corrected chi connectivity index (χ3v) is 5.72.